The molecule has 0 bridgehead atoms. The summed E-state index contributed by atoms with van der Waals surface area (Å²) < 4.78 is 9.18. The van der Waals surface area contributed by atoms with Crippen LogP contribution in [0, 0.1) is 13.8 Å². The van der Waals surface area contributed by atoms with Crippen molar-refractivity contribution in [2.75, 3.05) is 32.2 Å². The highest BCUT2D eigenvalue weighted by Gasteiger charge is 2.10. The number of aryl methyl sites for hydroxylation is 2. The molecule has 1 aromatic carbocycles. The van der Waals surface area contributed by atoms with E-state index in [0.717, 1.165) is 16.8 Å². The zero-order valence-corrected chi connectivity index (χ0v) is 12.9. The van der Waals surface area contributed by atoms with Gasteiger partial charge in [0.1, 0.15) is 6.61 Å². The van der Waals surface area contributed by atoms with Gasteiger partial charge in [-0.15, -0.1) is 0 Å². The van der Waals surface area contributed by atoms with E-state index in [2.05, 4.69) is 20.1 Å². The predicted molar refractivity (Wildman–Crippen MR) is 80.4 cm³/mol. The lowest BCUT2D eigenvalue weighted by Crippen LogP contribution is -2.36. The van der Waals surface area contributed by atoms with Crippen LogP contribution in [-0.4, -0.2) is 44.7 Å². The Labute approximate surface area is 129 Å². The van der Waals surface area contributed by atoms with E-state index in [1.54, 1.807) is 0 Å². The minimum absolute atomic E-state index is 0.200. The average Bonchev–Trinajstić information content (AvgIpc) is 2.47. The number of ether oxygens (including phenoxy) is 2. The molecule has 0 aliphatic heterocycles. The highest BCUT2D eigenvalue weighted by molar-refractivity contribution is 5.96. The summed E-state index contributed by atoms with van der Waals surface area (Å²) >= 11 is 0. The molecule has 120 valence electrons. The molecule has 0 fully saturated rings. The van der Waals surface area contributed by atoms with Gasteiger partial charge in [0.25, 0.3) is 5.91 Å². The fourth-order valence-corrected chi connectivity index (χ4v) is 1.73. The first kappa shape index (κ1) is 17.6. The third-order valence-corrected chi connectivity index (χ3v) is 2.82. The van der Waals surface area contributed by atoms with E-state index >= 15 is 0 Å². The van der Waals surface area contributed by atoms with Gasteiger partial charge in [0.05, 0.1) is 6.54 Å². The Kier molecular flexibility index (Phi) is 7.04. The van der Waals surface area contributed by atoms with Crippen molar-refractivity contribution in [1.82, 2.24) is 5.32 Å². The second-order valence-corrected chi connectivity index (χ2v) is 4.69. The van der Waals surface area contributed by atoms with Crippen LogP contribution in [0.5, 0.6) is 0 Å². The normalized spacial score (nSPS) is 9.95. The molecule has 1 aromatic rings. The van der Waals surface area contributed by atoms with E-state index in [-0.39, 0.29) is 19.1 Å². The summed E-state index contributed by atoms with van der Waals surface area (Å²) in [5.74, 6) is -1.55. The summed E-state index contributed by atoms with van der Waals surface area (Å²) in [4.78, 5) is 34.2. The molecule has 1 rings (SSSR count). The third-order valence-electron chi connectivity index (χ3n) is 2.82. The quantitative estimate of drug-likeness (QED) is 0.717. The van der Waals surface area contributed by atoms with E-state index in [9.17, 15) is 14.4 Å². The largest absolute Gasteiger partial charge is 0.454 e. The SMILES string of the molecule is COCC(=O)OCC(=O)NCC(=O)Nc1c(C)cccc1C. The molecular weight excluding hydrogens is 288 g/mol. The van der Waals surface area contributed by atoms with Crippen molar-refractivity contribution in [3.05, 3.63) is 29.3 Å². The van der Waals surface area contributed by atoms with Gasteiger partial charge < -0.3 is 20.1 Å². The third kappa shape index (κ3) is 5.92. The molecule has 0 saturated heterocycles. The predicted octanol–water partition coefficient (Wildman–Crippen LogP) is 0.548. The summed E-state index contributed by atoms with van der Waals surface area (Å²) in [6, 6.07) is 5.67. The molecule has 0 radical (unpaired) electrons. The molecule has 0 spiro atoms. The van der Waals surface area contributed by atoms with Gasteiger partial charge in [0, 0.05) is 12.8 Å². The Bertz CT molecular complexity index is 537. The van der Waals surface area contributed by atoms with Crippen molar-refractivity contribution >= 4 is 23.5 Å². The molecule has 7 heteroatoms. The number of amides is 2. The van der Waals surface area contributed by atoms with Gasteiger partial charge in [-0.05, 0) is 25.0 Å². The second kappa shape index (κ2) is 8.78. The zero-order chi connectivity index (χ0) is 16.5. The number of carbonyl (C=O) groups is 3. The van der Waals surface area contributed by atoms with Crippen molar-refractivity contribution in [3.63, 3.8) is 0 Å². The molecule has 2 amide bonds. The molecular formula is C15H20N2O5. The highest BCUT2D eigenvalue weighted by Crippen LogP contribution is 2.18. The molecule has 0 heterocycles. The number of hydrogen-bond donors (Lipinski definition) is 2. The van der Waals surface area contributed by atoms with Gasteiger partial charge in [-0.25, -0.2) is 4.79 Å². The van der Waals surface area contributed by atoms with E-state index < -0.39 is 18.5 Å². The summed E-state index contributed by atoms with van der Waals surface area (Å²) in [7, 11) is 1.35. The highest BCUT2D eigenvalue weighted by atomic mass is 16.6. The van der Waals surface area contributed by atoms with Crippen LogP contribution in [-0.2, 0) is 23.9 Å². The maximum absolute atomic E-state index is 11.8. The number of methoxy groups -OCH3 is 1. The number of para-hydroxylation sites is 1. The van der Waals surface area contributed by atoms with Crippen molar-refractivity contribution in [1.29, 1.82) is 0 Å². The van der Waals surface area contributed by atoms with Crippen LogP contribution in [0.1, 0.15) is 11.1 Å². The van der Waals surface area contributed by atoms with E-state index in [1.807, 2.05) is 32.0 Å². The number of carbonyl (C=O) groups excluding carboxylic acids is 3. The maximum atomic E-state index is 11.8. The van der Waals surface area contributed by atoms with Crippen LogP contribution >= 0.6 is 0 Å². The van der Waals surface area contributed by atoms with Gasteiger partial charge in [0.15, 0.2) is 6.61 Å². The molecule has 0 unspecified atom stereocenters. The maximum Gasteiger partial charge on any atom is 0.332 e. The van der Waals surface area contributed by atoms with E-state index in [0.29, 0.717) is 0 Å². The van der Waals surface area contributed by atoms with Gasteiger partial charge >= 0.3 is 5.97 Å². The molecule has 22 heavy (non-hydrogen) atoms. The fourth-order valence-electron chi connectivity index (χ4n) is 1.73. The smallest absolute Gasteiger partial charge is 0.332 e. The Balaban J connectivity index is 2.37. The molecule has 0 saturated carbocycles. The van der Waals surface area contributed by atoms with Gasteiger partial charge in [-0.2, -0.15) is 0 Å². The van der Waals surface area contributed by atoms with Gasteiger partial charge in [-0.3, -0.25) is 9.59 Å². The first-order chi connectivity index (χ1) is 10.4. The topological polar surface area (TPSA) is 93.7 Å². The first-order valence-electron chi connectivity index (χ1n) is 6.71. The molecule has 2 N–H and O–H groups in total. The van der Waals surface area contributed by atoms with Crippen LogP contribution in [0.3, 0.4) is 0 Å². The summed E-state index contributed by atoms with van der Waals surface area (Å²) in [6.07, 6.45) is 0. The summed E-state index contributed by atoms with van der Waals surface area (Å²) in [5.41, 5.74) is 2.61. The Hall–Kier alpha value is -2.41. The van der Waals surface area contributed by atoms with Gasteiger partial charge in [0.2, 0.25) is 5.91 Å². The molecule has 7 nitrogen and oxygen atoms in total. The number of hydrogen-bond acceptors (Lipinski definition) is 5. The van der Waals surface area contributed by atoms with Crippen molar-refractivity contribution < 1.29 is 23.9 Å². The van der Waals surface area contributed by atoms with Crippen LogP contribution in [0.2, 0.25) is 0 Å². The summed E-state index contributed by atoms with van der Waals surface area (Å²) in [5, 5.41) is 5.11. The monoisotopic (exact) mass is 308 g/mol. The van der Waals surface area contributed by atoms with Crippen molar-refractivity contribution in [2.45, 2.75) is 13.8 Å². The van der Waals surface area contributed by atoms with E-state index in [1.165, 1.54) is 7.11 Å². The zero-order valence-electron chi connectivity index (χ0n) is 12.9. The number of rotatable bonds is 7. The average molecular weight is 308 g/mol. The standard InChI is InChI=1S/C15H20N2O5/c1-10-5-4-6-11(2)15(10)17-12(18)7-16-13(19)8-22-14(20)9-21-3/h4-6H,7-9H2,1-3H3,(H,16,19)(H,17,18). The van der Waals surface area contributed by atoms with Crippen molar-refractivity contribution in [3.8, 4) is 0 Å². The summed E-state index contributed by atoms with van der Waals surface area (Å²) in [6.45, 7) is 2.90. The Morgan fingerprint density at radius 1 is 1.05 bits per heavy atom. The fraction of sp³-hybridized carbons (Fsp3) is 0.400. The lowest BCUT2D eigenvalue weighted by molar-refractivity contribution is -0.152. The lowest BCUT2D eigenvalue weighted by Gasteiger charge is -2.12. The molecule has 0 aromatic heterocycles. The molecule has 0 aliphatic rings. The van der Waals surface area contributed by atoms with Crippen molar-refractivity contribution in [2.24, 2.45) is 0 Å². The van der Waals surface area contributed by atoms with Crippen LogP contribution in [0.25, 0.3) is 0 Å². The van der Waals surface area contributed by atoms with E-state index in [4.69, 9.17) is 0 Å². The molecule has 0 atom stereocenters. The number of nitrogens with one attached hydrogen (secondary N) is 2. The van der Waals surface area contributed by atoms with Crippen LogP contribution in [0.15, 0.2) is 18.2 Å². The Morgan fingerprint density at radius 2 is 1.68 bits per heavy atom. The minimum atomic E-state index is -0.641. The number of anilines is 1. The number of benzene rings is 1. The van der Waals surface area contributed by atoms with Gasteiger partial charge in [-0.1, -0.05) is 18.2 Å². The number of esters is 1. The lowest BCUT2D eigenvalue weighted by atomic mass is 10.1. The minimum Gasteiger partial charge on any atom is -0.454 e. The Morgan fingerprint density at radius 3 is 2.27 bits per heavy atom. The van der Waals surface area contributed by atoms with Crippen LogP contribution in [0.4, 0.5) is 5.69 Å². The van der Waals surface area contributed by atoms with Crippen LogP contribution < -0.4 is 10.6 Å². The molecule has 0 aliphatic carbocycles. The first-order valence-corrected chi connectivity index (χ1v) is 6.71. The second-order valence-electron chi connectivity index (χ2n) is 4.69.